The van der Waals surface area contributed by atoms with Crippen LogP contribution in [0.15, 0.2) is 30.5 Å². The van der Waals surface area contributed by atoms with E-state index in [1.807, 2.05) is 45.3 Å². The van der Waals surface area contributed by atoms with Gasteiger partial charge in [-0.05, 0) is 32.0 Å². The van der Waals surface area contributed by atoms with E-state index in [9.17, 15) is 4.79 Å². The molecule has 0 fully saturated rings. The van der Waals surface area contributed by atoms with Gasteiger partial charge in [0.2, 0.25) is 0 Å². The molecule has 2 aromatic rings. The molecule has 0 radical (unpaired) electrons. The first-order valence-corrected chi connectivity index (χ1v) is 5.64. The summed E-state index contributed by atoms with van der Waals surface area (Å²) in [6.07, 6.45) is 2.22. The van der Waals surface area contributed by atoms with E-state index in [1.54, 1.807) is 4.68 Å². The molecule has 0 atom stereocenters. The van der Waals surface area contributed by atoms with Crippen molar-refractivity contribution in [1.29, 1.82) is 0 Å². The molecule has 3 nitrogen and oxygen atoms in total. The molecule has 0 bridgehead atoms. The van der Waals surface area contributed by atoms with Crippen LogP contribution < -0.4 is 0 Å². The van der Waals surface area contributed by atoms with Gasteiger partial charge in [-0.1, -0.05) is 17.2 Å². The molecule has 88 valence electrons. The Hall–Kier alpha value is -1.90. The van der Waals surface area contributed by atoms with Gasteiger partial charge in [0.1, 0.15) is 0 Å². The fraction of sp³-hybridized carbons (Fsp3) is 0.286. The second-order valence-corrected chi connectivity index (χ2v) is 4.46. The maximum absolute atomic E-state index is 12.1. The van der Waals surface area contributed by atoms with Crippen LogP contribution in [0.1, 0.15) is 27.2 Å². The van der Waals surface area contributed by atoms with E-state index in [2.05, 4.69) is 11.2 Å². The molecule has 0 saturated carbocycles. The minimum atomic E-state index is 0.121. The molecule has 0 amide bonds. The number of carbonyl (C=O) groups is 1. The Labute approximate surface area is 101 Å². The van der Waals surface area contributed by atoms with Gasteiger partial charge in [-0.25, -0.2) is 0 Å². The quantitative estimate of drug-likeness (QED) is 0.756. The van der Waals surface area contributed by atoms with Crippen molar-refractivity contribution in [2.45, 2.75) is 20.3 Å². The molecule has 1 aromatic carbocycles. The van der Waals surface area contributed by atoms with Crippen LogP contribution in [0.25, 0.3) is 0 Å². The highest BCUT2D eigenvalue weighted by atomic mass is 16.1. The van der Waals surface area contributed by atoms with Crippen molar-refractivity contribution in [2.75, 3.05) is 0 Å². The van der Waals surface area contributed by atoms with Crippen molar-refractivity contribution >= 4 is 5.78 Å². The number of Topliss-reactive ketones (excluding diaryl/α,β-unsaturated/α-hetero) is 1. The van der Waals surface area contributed by atoms with Gasteiger partial charge in [-0.15, -0.1) is 0 Å². The van der Waals surface area contributed by atoms with Crippen LogP contribution in [0.3, 0.4) is 0 Å². The van der Waals surface area contributed by atoms with E-state index >= 15 is 0 Å². The largest absolute Gasteiger partial charge is 0.294 e. The minimum Gasteiger partial charge on any atom is -0.294 e. The van der Waals surface area contributed by atoms with Crippen LogP contribution in [0.4, 0.5) is 0 Å². The predicted molar refractivity (Wildman–Crippen MR) is 67.2 cm³/mol. The van der Waals surface area contributed by atoms with Gasteiger partial charge in [-0.2, -0.15) is 5.10 Å². The molecule has 0 spiro atoms. The maximum Gasteiger partial charge on any atom is 0.168 e. The molecule has 0 N–H and O–H groups in total. The van der Waals surface area contributed by atoms with Crippen LogP contribution in [0.5, 0.6) is 0 Å². The molecule has 1 aromatic heterocycles. The Morgan fingerprint density at radius 1 is 1.24 bits per heavy atom. The van der Waals surface area contributed by atoms with Crippen molar-refractivity contribution in [3.63, 3.8) is 0 Å². The lowest BCUT2D eigenvalue weighted by Gasteiger charge is -2.03. The standard InChI is InChI=1S/C14H16N2O/c1-10-6-11(2)8-12(7-10)14(17)9-13-4-5-16(3)15-13/h4-8H,9H2,1-3H3. The molecular weight excluding hydrogens is 212 g/mol. The minimum absolute atomic E-state index is 0.121. The first kappa shape index (κ1) is 11.6. The van der Waals surface area contributed by atoms with Gasteiger partial charge in [0, 0.05) is 18.8 Å². The summed E-state index contributed by atoms with van der Waals surface area (Å²) in [5, 5.41) is 4.22. The van der Waals surface area contributed by atoms with E-state index in [1.165, 1.54) is 0 Å². The van der Waals surface area contributed by atoms with E-state index in [-0.39, 0.29) is 5.78 Å². The Kier molecular flexibility index (Phi) is 3.09. The maximum atomic E-state index is 12.1. The van der Waals surface area contributed by atoms with Gasteiger partial charge >= 0.3 is 0 Å². The lowest BCUT2D eigenvalue weighted by atomic mass is 10.0. The van der Waals surface area contributed by atoms with Gasteiger partial charge in [-0.3, -0.25) is 9.48 Å². The molecule has 0 aliphatic carbocycles. The van der Waals surface area contributed by atoms with E-state index in [0.29, 0.717) is 6.42 Å². The lowest BCUT2D eigenvalue weighted by molar-refractivity contribution is 0.0991. The van der Waals surface area contributed by atoms with Crippen molar-refractivity contribution in [3.8, 4) is 0 Å². The number of carbonyl (C=O) groups excluding carboxylic acids is 1. The van der Waals surface area contributed by atoms with Crippen LogP contribution in [-0.2, 0) is 13.5 Å². The first-order chi connectivity index (χ1) is 8.04. The monoisotopic (exact) mass is 228 g/mol. The number of rotatable bonds is 3. The van der Waals surface area contributed by atoms with Gasteiger partial charge in [0.05, 0.1) is 12.1 Å². The van der Waals surface area contributed by atoms with Crippen molar-refractivity contribution in [3.05, 3.63) is 52.8 Å². The molecule has 0 aliphatic rings. The summed E-state index contributed by atoms with van der Waals surface area (Å²) < 4.78 is 1.71. The first-order valence-electron chi connectivity index (χ1n) is 5.64. The molecule has 0 unspecified atom stereocenters. The Morgan fingerprint density at radius 2 is 1.88 bits per heavy atom. The third-order valence-corrected chi connectivity index (χ3v) is 2.65. The smallest absolute Gasteiger partial charge is 0.168 e. The number of hydrogen-bond donors (Lipinski definition) is 0. The van der Waals surface area contributed by atoms with Crippen molar-refractivity contribution in [2.24, 2.45) is 7.05 Å². The van der Waals surface area contributed by atoms with Crippen molar-refractivity contribution in [1.82, 2.24) is 9.78 Å². The summed E-state index contributed by atoms with van der Waals surface area (Å²) in [6, 6.07) is 7.80. The summed E-state index contributed by atoms with van der Waals surface area (Å²) >= 11 is 0. The van der Waals surface area contributed by atoms with Crippen LogP contribution >= 0.6 is 0 Å². The number of benzene rings is 1. The highest BCUT2D eigenvalue weighted by Gasteiger charge is 2.09. The zero-order valence-corrected chi connectivity index (χ0v) is 10.4. The number of ketones is 1. The van der Waals surface area contributed by atoms with Crippen LogP contribution in [-0.4, -0.2) is 15.6 Å². The van der Waals surface area contributed by atoms with Crippen LogP contribution in [0, 0.1) is 13.8 Å². The molecule has 17 heavy (non-hydrogen) atoms. The summed E-state index contributed by atoms with van der Waals surface area (Å²) in [5.74, 6) is 0.121. The molecule has 1 heterocycles. The Balaban J connectivity index is 2.19. The molecule has 2 rings (SSSR count). The third-order valence-electron chi connectivity index (χ3n) is 2.65. The lowest BCUT2D eigenvalue weighted by Crippen LogP contribution is -2.05. The van der Waals surface area contributed by atoms with Crippen LogP contribution in [0.2, 0.25) is 0 Å². The normalized spacial score (nSPS) is 10.5. The Bertz CT molecular complexity index is 535. The van der Waals surface area contributed by atoms with Gasteiger partial charge < -0.3 is 0 Å². The SMILES string of the molecule is Cc1cc(C)cc(C(=O)Cc2ccn(C)n2)c1. The summed E-state index contributed by atoms with van der Waals surface area (Å²) in [5.41, 5.74) is 3.83. The highest BCUT2D eigenvalue weighted by Crippen LogP contribution is 2.11. The third kappa shape index (κ3) is 2.81. The van der Waals surface area contributed by atoms with E-state index < -0.39 is 0 Å². The summed E-state index contributed by atoms with van der Waals surface area (Å²) in [4.78, 5) is 12.1. The zero-order chi connectivity index (χ0) is 12.4. The van der Waals surface area contributed by atoms with E-state index in [4.69, 9.17) is 0 Å². The second kappa shape index (κ2) is 4.53. The van der Waals surface area contributed by atoms with Gasteiger partial charge in [0.15, 0.2) is 5.78 Å². The average molecular weight is 228 g/mol. The number of aromatic nitrogens is 2. The number of nitrogens with zero attached hydrogens (tertiary/aromatic N) is 2. The van der Waals surface area contributed by atoms with Gasteiger partial charge in [0.25, 0.3) is 0 Å². The summed E-state index contributed by atoms with van der Waals surface area (Å²) in [6.45, 7) is 4.01. The zero-order valence-electron chi connectivity index (χ0n) is 10.4. The summed E-state index contributed by atoms with van der Waals surface area (Å²) in [7, 11) is 1.85. The topological polar surface area (TPSA) is 34.9 Å². The molecule has 0 aliphatic heterocycles. The second-order valence-electron chi connectivity index (χ2n) is 4.46. The van der Waals surface area contributed by atoms with Crippen molar-refractivity contribution < 1.29 is 4.79 Å². The number of aryl methyl sites for hydroxylation is 3. The fourth-order valence-electron chi connectivity index (χ4n) is 1.96. The molecule has 0 saturated heterocycles. The van der Waals surface area contributed by atoms with E-state index in [0.717, 1.165) is 22.4 Å². The number of hydrogen-bond acceptors (Lipinski definition) is 2. The Morgan fingerprint density at radius 3 is 2.41 bits per heavy atom. The highest BCUT2D eigenvalue weighted by molar-refractivity contribution is 5.97. The predicted octanol–water partition coefficient (Wildman–Crippen LogP) is 2.46. The fourth-order valence-corrected chi connectivity index (χ4v) is 1.96. The molecule has 3 heteroatoms. The molecular formula is C14H16N2O. The average Bonchev–Trinajstić information content (AvgIpc) is 2.62.